The van der Waals surface area contributed by atoms with Crippen LogP contribution in [0.5, 0.6) is 5.75 Å². The number of carbonyl (C=O) groups is 1. The number of methoxy groups -OCH3 is 1. The molecule has 0 fully saturated rings. The zero-order chi connectivity index (χ0) is 19.5. The highest BCUT2D eigenvalue weighted by molar-refractivity contribution is 9.11. The van der Waals surface area contributed by atoms with Crippen LogP contribution >= 0.6 is 27.3 Å². The first-order valence-electron chi connectivity index (χ1n) is 8.66. The Hall–Kier alpha value is -2.76. The Balaban J connectivity index is 1.78. The van der Waals surface area contributed by atoms with Crippen LogP contribution in [0.25, 0.3) is 28.1 Å². The van der Waals surface area contributed by atoms with Gasteiger partial charge in [0.1, 0.15) is 5.75 Å². The van der Waals surface area contributed by atoms with Crippen LogP contribution in [-0.4, -0.2) is 17.9 Å². The molecule has 2 aromatic heterocycles. The SMILES string of the molecule is COc1ccc(-c2cc3ccccc3nc2/C=C/C(=O)c2ccc(Br)s2)cc1. The van der Waals surface area contributed by atoms with Crippen molar-refractivity contribution in [3.05, 3.63) is 87.2 Å². The molecule has 2 heterocycles. The van der Waals surface area contributed by atoms with Gasteiger partial charge < -0.3 is 4.74 Å². The van der Waals surface area contributed by atoms with Gasteiger partial charge >= 0.3 is 0 Å². The van der Waals surface area contributed by atoms with Gasteiger partial charge in [0.15, 0.2) is 5.78 Å². The first-order chi connectivity index (χ1) is 13.6. The predicted octanol–water partition coefficient (Wildman–Crippen LogP) is 6.63. The number of rotatable bonds is 5. The summed E-state index contributed by atoms with van der Waals surface area (Å²) in [6.07, 6.45) is 3.38. The van der Waals surface area contributed by atoms with E-state index < -0.39 is 0 Å². The average Bonchev–Trinajstić information content (AvgIpc) is 3.18. The summed E-state index contributed by atoms with van der Waals surface area (Å²) in [6, 6.07) is 21.6. The molecule has 2 aromatic carbocycles. The van der Waals surface area contributed by atoms with Gasteiger partial charge in [0.05, 0.1) is 27.0 Å². The van der Waals surface area contributed by atoms with Crippen LogP contribution in [0.15, 0.2) is 76.6 Å². The topological polar surface area (TPSA) is 39.2 Å². The van der Waals surface area contributed by atoms with Crippen molar-refractivity contribution < 1.29 is 9.53 Å². The van der Waals surface area contributed by atoms with E-state index in [-0.39, 0.29) is 5.78 Å². The van der Waals surface area contributed by atoms with E-state index >= 15 is 0 Å². The number of fused-ring (bicyclic) bond motifs is 1. The van der Waals surface area contributed by atoms with E-state index in [1.807, 2.05) is 60.7 Å². The first-order valence-corrected chi connectivity index (χ1v) is 10.3. The van der Waals surface area contributed by atoms with Gasteiger partial charge in [-0.15, -0.1) is 11.3 Å². The molecule has 0 aliphatic heterocycles. The molecule has 0 N–H and O–H groups in total. The molecule has 4 aromatic rings. The van der Waals surface area contributed by atoms with Crippen molar-refractivity contribution in [2.24, 2.45) is 0 Å². The number of allylic oxidation sites excluding steroid dienone is 1. The van der Waals surface area contributed by atoms with Crippen molar-refractivity contribution in [1.29, 1.82) is 0 Å². The summed E-state index contributed by atoms with van der Waals surface area (Å²) in [5, 5.41) is 1.05. The van der Waals surface area contributed by atoms with Gasteiger partial charge in [-0.25, -0.2) is 4.98 Å². The van der Waals surface area contributed by atoms with Crippen LogP contribution in [0, 0.1) is 0 Å². The van der Waals surface area contributed by atoms with Gasteiger partial charge in [-0.2, -0.15) is 0 Å². The maximum Gasteiger partial charge on any atom is 0.195 e. The summed E-state index contributed by atoms with van der Waals surface area (Å²) in [4.78, 5) is 18.0. The maximum atomic E-state index is 12.5. The molecule has 0 amide bonds. The number of hydrogen-bond acceptors (Lipinski definition) is 4. The van der Waals surface area contributed by atoms with Crippen molar-refractivity contribution in [1.82, 2.24) is 4.98 Å². The van der Waals surface area contributed by atoms with E-state index in [9.17, 15) is 4.79 Å². The van der Waals surface area contributed by atoms with Gasteiger partial charge in [0.2, 0.25) is 0 Å². The minimum absolute atomic E-state index is 0.0358. The smallest absolute Gasteiger partial charge is 0.195 e. The van der Waals surface area contributed by atoms with Crippen LogP contribution in [0.1, 0.15) is 15.4 Å². The summed E-state index contributed by atoms with van der Waals surface area (Å²) >= 11 is 4.82. The molecule has 0 aliphatic rings. The predicted molar refractivity (Wildman–Crippen MR) is 119 cm³/mol. The fourth-order valence-corrected chi connectivity index (χ4v) is 4.25. The number of para-hydroxylation sites is 1. The number of pyridine rings is 1. The number of halogens is 1. The molecule has 0 atom stereocenters. The van der Waals surface area contributed by atoms with Gasteiger partial charge in [0, 0.05) is 10.9 Å². The molecule has 5 heteroatoms. The summed E-state index contributed by atoms with van der Waals surface area (Å²) in [7, 11) is 1.65. The largest absolute Gasteiger partial charge is 0.497 e. The fourth-order valence-electron chi connectivity index (χ4n) is 2.94. The van der Waals surface area contributed by atoms with Crippen molar-refractivity contribution in [3.8, 4) is 16.9 Å². The number of nitrogens with zero attached hydrogens (tertiary/aromatic N) is 1. The van der Waals surface area contributed by atoms with E-state index in [2.05, 4.69) is 22.0 Å². The molecule has 0 spiro atoms. The number of ketones is 1. The monoisotopic (exact) mass is 449 g/mol. The summed E-state index contributed by atoms with van der Waals surface area (Å²) < 4.78 is 6.20. The maximum absolute atomic E-state index is 12.5. The highest BCUT2D eigenvalue weighted by Crippen LogP contribution is 2.29. The Kier molecular flexibility index (Phi) is 5.37. The van der Waals surface area contributed by atoms with Crippen molar-refractivity contribution >= 4 is 50.0 Å². The van der Waals surface area contributed by atoms with E-state index in [0.29, 0.717) is 4.88 Å². The number of carbonyl (C=O) groups excluding carboxylic acids is 1. The molecule has 0 saturated heterocycles. The molecule has 0 unspecified atom stereocenters. The second-order valence-electron chi connectivity index (χ2n) is 6.14. The zero-order valence-electron chi connectivity index (χ0n) is 15.1. The molecule has 4 rings (SSSR count). The average molecular weight is 450 g/mol. The summed E-state index contributed by atoms with van der Waals surface area (Å²) in [5.41, 5.74) is 3.64. The molecule has 3 nitrogen and oxygen atoms in total. The molecule has 28 heavy (non-hydrogen) atoms. The molecular weight excluding hydrogens is 434 g/mol. The van der Waals surface area contributed by atoms with Crippen LogP contribution in [-0.2, 0) is 0 Å². The number of aromatic nitrogens is 1. The van der Waals surface area contributed by atoms with E-state index in [4.69, 9.17) is 9.72 Å². The molecule has 0 aliphatic carbocycles. The number of thiophene rings is 1. The van der Waals surface area contributed by atoms with Crippen molar-refractivity contribution in [2.75, 3.05) is 7.11 Å². The first kappa shape index (κ1) is 18.6. The second-order valence-corrected chi connectivity index (χ2v) is 8.61. The third-order valence-electron chi connectivity index (χ3n) is 4.36. The highest BCUT2D eigenvalue weighted by Gasteiger charge is 2.10. The van der Waals surface area contributed by atoms with Crippen LogP contribution in [0.2, 0.25) is 0 Å². The lowest BCUT2D eigenvalue weighted by Gasteiger charge is -2.09. The lowest BCUT2D eigenvalue weighted by atomic mass is 10.0. The molecule has 0 bridgehead atoms. The molecule has 0 saturated carbocycles. The molecule has 138 valence electrons. The number of ether oxygens (including phenoxy) is 1. The Bertz CT molecular complexity index is 1180. The highest BCUT2D eigenvalue weighted by atomic mass is 79.9. The standard InChI is InChI=1S/C23H16BrNO2S/c1-27-17-8-6-15(7-9-17)18-14-16-4-2-3-5-19(16)25-20(18)10-11-21(26)22-12-13-23(24)28-22/h2-14H,1H3/b11-10+. The van der Waals surface area contributed by atoms with Crippen molar-refractivity contribution in [3.63, 3.8) is 0 Å². The second kappa shape index (κ2) is 8.09. The van der Waals surface area contributed by atoms with E-state index in [0.717, 1.165) is 37.3 Å². The quantitative estimate of drug-likeness (QED) is 0.253. The van der Waals surface area contributed by atoms with Gasteiger partial charge in [-0.1, -0.05) is 30.3 Å². The van der Waals surface area contributed by atoms with E-state index in [1.54, 1.807) is 19.3 Å². The normalized spacial score (nSPS) is 11.2. The zero-order valence-corrected chi connectivity index (χ0v) is 17.5. The summed E-state index contributed by atoms with van der Waals surface area (Å²) in [6.45, 7) is 0. The third-order valence-corrected chi connectivity index (χ3v) is 6.00. The fraction of sp³-hybridized carbons (Fsp3) is 0.0435. The van der Waals surface area contributed by atoms with Crippen molar-refractivity contribution in [2.45, 2.75) is 0 Å². The minimum Gasteiger partial charge on any atom is -0.497 e. The Morgan fingerprint density at radius 3 is 2.57 bits per heavy atom. The third kappa shape index (κ3) is 3.91. The Morgan fingerprint density at radius 2 is 1.86 bits per heavy atom. The molecule has 0 radical (unpaired) electrons. The summed E-state index contributed by atoms with van der Waals surface area (Å²) in [5.74, 6) is 0.763. The lowest BCUT2D eigenvalue weighted by Crippen LogP contribution is -1.93. The number of benzene rings is 2. The minimum atomic E-state index is -0.0358. The van der Waals surface area contributed by atoms with Gasteiger partial charge in [-0.3, -0.25) is 4.79 Å². The Morgan fingerprint density at radius 1 is 1.07 bits per heavy atom. The van der Waals surface area contributed by atoms with Crippen LogP contribution in [0.4, 0.5) is 0 Å². The van der Waals surface area contributed by atoms with E-state index in [1.165, 1.54) is 11.3 Å². The van der Waals surface area contributed by atoms with Gasteiger partial charge in [-0.05, 0) is 70.0 Å². The van der Waals surface area contributed by atoms with Crippen LogP contribution < -0.4 is 4.74 Å². The molecular formula is C23H16BrNO2S. The Labute approximate surface area is 175 Å². The van der Waals surface area contributed by atoms with Gasteiger partial charge in [0.25, 0.3) is 0 Å². The lowest BCUT2D eigenvalue weighted by molar-refractivity contribution is 0.105. The van der Waals surface area contributed by atoms with Crippen LogP contribution in [0.3, 0.4) is 0 Å². The number of hydrogen-bond donors (Lipinski definition) is 0.